The summed E-state index contributed by atoms with van der Waals surface area (Å²) in [6.07, 6.45) is -3.06. The van der Waals surface area contributed by atoms with Crippen LogP contribution in [-0.4, -0.2) is 15.2 Å². The summed E-state index contributed by atoms with van der Waals surface area (Å²) in [5.41, 5.74) is 1.47. The Balaban J connectivity index is 1.81. The predicted molar refractivity (Wildman–Crippen MR) is 98.4 cm³/mol. The van der Waals surface area contributed by atoms with Crippen LogP contribution in [0.2, 0.25) is 0 Å². The topological polar surface area (TPSA) is 62.7 Å². The van der Waals surface area contributed by atoms with Gasteiger partial charge in [0.25, 0.3) is 0 Å². The Hall–Kier alpha value is -3.16. The zero-order valence-electron chi connectivity index (χ0n) is 14.7. The molecular formula is C19H18F3N5. The second kappa shape index (κ2) is 7.61. The standard InChI is InChI=1S/C19H18F3N5/c1-12(2)15-8-3-4-9-16(15)25-18-26-17(11-23-27-18)24-14-7-5-6-13(10-14)19(20,21)22/h3-12H,1-2H3,(H2,24,25,26,27). The van der Waals surface area contributed by atoms with Gasteiger partial charge in [-0.1, -0.05) is 38.1 Å². The van der Waals surface area contributed by atoms with Gasteiger partial charge in [-0.2, -0.15) is 23.3 Å². The first-order valence-electron chi connectivity index (χ1n) is 8.33. The van der Waals surface area contributed by atoms with Crippen molar-refractivity contribution in [1.29, 1.82) is 0 Å². The van der Waals surface area contributed by atoms with Crippen LogP contribution in [0.3, 0.4) is 0 Å². The molecule has 140 valence electrons. The minimum absolute atomic E-state index is 0.250. The van der Waals surface area contributed by atoms with E-state index in [2.05, 4.69) is 39.7 Å². The maximum absolute atomic E-state index is 12.8. The maximum Gasteiger partial charge on any atom is 0.416 e. The Morgan fingerprint density at radius 3 is 2.48 bits per heavy atom. The van der Waals surface area contributed by atoms with Crippen LogP contribution in [0.1, 0.15) is 30.9 Å². The molecule has 3 rings (SSSR count). The van der Waals surface area contributed by atoms with Gasteiger partial charge in [0.2, 0.25) is 5.95 Å². The molecule has 0 fully saturated rings. The summed E-state index contributed by atoms with van der Waals surface area (Å²) in [6.45, 7) is 4.15. The average Bonchev–Trinajstić information content (AvgIpc) is 2.62. The van der Waals surface area contributed by atoms with E-state index in [1.165, 1.54) is 18.3 Å². The molecular weight excluding hydrogens is 355 g/mol. The van der Waals surface area contributed by atoms with E-state index < -0.39 is 11.7 Å². The van der Waals surface area contributed by atoms with Gasteiger partial charge in [-0.25, -0.2) is 0 Å². The third kappa shape index (κ3) is 4.72. The van der Waals surface area contributed by atoms with Crippen molar-refractivity contribution in [3.8, 4) is 0 Å². The number of benzene rings is 2. The summed E-state index contributed by atoms with van der Waals surface area (Å²) in [7, 11) is 0. The summed E-state index contributed by atoms with van der Waals surface area (Å²) in [5.74, 6) is 0.835. The van der Waals surface area contributed by atoms with Crippen LogP contribution in [0.25, 0.3) is 0 Å². The fourth-order valence-electron chi connectivity index (χ4n) is 2.57. The first kappa shape index (κ1) is 18.6. The van der Waals surface area contributed by atoms with Gasteiger partial charge >= 0.3 is 6.18 Å². The molecule has 27 heavy (non-hydrogen) atoms. The van der Waals surface area contributed by atoms with Crippen molar-refractivity contribution < 1.29 is 13.2 Å². The van der Waals surface area contributed by atoms with Crippen LogP contribution >= 0.6 is 0 Å². The van der Waals surface area contributed by atoms with Crippen molar-refractivity contribution in [2.24, 2.45) is 0 Å². The summed E-state index contributed by atoms with van der Waals surface area (Å²) in [4.78, 5) is 4.28. The third-order valence-electron chi connectivity index (χ3n) is 3.85. The van der Waals surface area contributed by atoms with E-state index in [4.69, 9.17) is 0 Å². The highest BCUT2D eigenvalue weighted by Crippen LogP contribution is 2.31. The van der Waals surface area contributed by atoms with Crippen molar-refractivity contribution in [3.63, 3.8) is 0 Å². The lowest BCUT2D eigenvalue weighted by Crippen LogP contribution is -2.06. The molecule has 3 aromatic rings. The fraction of sp³-hybridized carbons (Fsp3) is 0.211. The van der Waals surface area contributed by atoms with Crippen LogP contribution in [0.5, 0.6) is 0 Å². The monoisotopic (exact) mass is 373 g/mol. The number of para-hydroxylation sites is 1. The van der Waals surface area contributed by atoms with Gasteiger partial charge in [-0.3, -0.25) is 0 Å². The number of aromatic nitrogens is 3. The van der Waals surface area contributed by atoms with E-state index in [1.54, 1.807) is 0 Å². The number of halogens is 3. The highest BCUT2D eigenvalue weighted by Gasteiger charge is 2.30. The molecule has 0 saturated carbocycles. The van der Waals surface area contributed by atoms with E-state index in [1.807, 2.05) is 24.3 Å². The summed E-state index contributed by atoms with van der Waals surface area (Å²) >= 11 is 0. The molecule has 2 N–H and O–H groups in total. The first-order valence-corrected chi connectivity index (χ1v) is 8.33. The molecule has 0 spiro atoms. The lowest BCUT2D eigenvalue weighted by Gasteiger charge is -2.14. The first-order chi connectivity index (χ1) is 12.8. The largest absolute Gasteiger partial charge is 0.416 e. The summed E-state index contributed by atoms with van der Waals surface area (Å²) < 4.78 is 38.5. The van der Waals surface area contributed by atoms with Gasteiger partial charge in [-0.15, -0.1) is 5.10 Å². The molecule has 1 aromatic heterocycles. The normalized spacial score (nSPS) is 11.5. The van der Waals surface area contributed by atoms with Gasteiger partial charge < -0.3 is 10.6 Å². The molecule has 8 heteroatoms. The van der Waals surface area contributed by atoms with Crippen molar-refractivity contribution in [2.45, 2.75) is 25.9 Å². The molecule has 0 bridgehead atoms. The minimum Gasteiger partial charge on any atom is -0.339 e. The predicted octanol–water partition coefficient (Wildman–Crippen LogP) is 5.50. The van der Waals surface area contributed by atoms with Crippen LogP contribution < -0.4 is 10.6 Å². The molecule has 0 aliphatic rings. The van der Waals surface area contributed by atoms with Crippen molar-refractivity contribution >= 4 is 23.1 Å². The van der Waals surface area contributed by atoms with Crippen molar-refractivity contribution in [2.75, 3.05) is 10.6 Å². The molecule has 0 aliphatic carbocycles. The Morgan fingerprint density at radius 1 is 0.963 bits per heavy atom. The van der Waals surface area contributed by atoms with E-state index >= 15 is 0 Å². The number of alkyl halides is 3. The summed E-state index contributed by atoms with van der Waals surface area (Å²) in [6, 6.07) is 12.6. The molecule has 0 aliphatic heterocycles. The minimum atomic E-state index is -4.41. The summed E-state index contributed by atoms with van der Waals surface area (Å²) in [5, 5.41) is 13.7. The molecule has 1 heterocycles. The molecule has 5 nitrogen and oxygen atoms in total. The quantitative estimate of drug-likeness (QED) is 0.618. The van der Waals surface area contributed by atoms with E-state index in [-0.39, 0.29) is 17.5 Å². The average molecular weight is 373 g/mol. The Kier molecular flexibility index (Phi) is 5.25. The third-order valence-corrected chi connectivity index (χ3v) is 3.85. The molecule has 0 atom stereocenters. The Labute approximate surface area is 154 Å². The van der Waals surface area contributed by atoms with Crippen LogP contribution in [-0.2, 0) is 6.18 Å². The number of rotatable bonds is 5. The van der Waals surface area contributed by atoms with Gasteiger partial charge in [0.1, 0.15) is 0 Å². The van der Waals surface area contributed by atoms with Crippen molar-refractivity contribution in [3.05, 3.63) is 65.9 Å². The van der Waals surface area contributed by atoms with Gasteiger partial charge in [0.05, 0.1) is 11.8 Å². The second-order valence-electron chi connectivity index (χ2n) is 6.24. The highest BCUT2D eigenvalue weighted by atomic mass is 19.4. The van der Waals surface area contributed by atoms with Crippen molar-refractivity contribution in [1.82, 2.24) is 15.2 Å². The van der Waals surface area contributed by atoms with Gasteiger partial charge in [0, 0.05) is 11.4 Å². The van der Waals surface area contributed by atoms with E-state index in [9.17, 15) is 13.2 Å². The number of nitrogens with zero attached hydrogens (tertiary/aromatic N) is 3. The van der Waals surface area contributed by atoms with E-state index in [0.717, 1.165) is 23.4 Å². The molecule has 0 saturated heterocycles. The number of hydrogen-bond donors (Lipinski definition) is 2. The van der Waals surface area contributed by atoms with Gasteiger partial charge in [-0.05, 0) is 35.7 Å². The maximum atomic E-state index is 12.8. The fourth-order valence-corrected chi connectivity index (χ4v) is 2.57. The van der Waals surface area contributed by atoms with Gasteiger partial charge in [0.15, 0.2) is 5.82 Å². The SMILES string of the molecule is CC(C)c1ccccc1Nc1nncc(Nc2cccc(C(F)(F)F)c2)n1. The number of nitrogens with one attached hydrogen (secondary N) is 2. The molecule has 2 aromatic carbocycles. The molecule has 0 radical (unpaired) electrons. The van der Waals surface area contributed by atoms with Crippen LogP contribution in [0.4, 0.5) is 36.3 Å². The van der Waals surface area contributed by atoms with Crippen LogP contribution in [0, 0.1) is 0 Å². The highest BCUT2D eigenvalue weighted by molar-refractivity contribution is 5.62. The zero-order valence-corrected chi connectivity index (χ0v) is 14.7. The zero-order chi connectivity index (χ0) is 19.4. The molecule has 0 unspecified atom stereocenters. The Bertz CT molecular complexity index is 925. The second-order valence-corrected chi connectivity index (χ2v) is 6.24. The van der Waals surface area contributed by atoms with Crippen LogP contribution in [0.15, 0.2) is 54.7 Å². The molecule has 0 amide bonds. The lowest BCUT2D eigenvalue weighted by atomic mass is 10.0. The van der Waals surface area contributed by atoms with E-state index in [0.29, 0.717) is 5.92 Å². The Morgan fingerprint density at radius 2 is 1.74 bits per heavy atom. The lowest BCUT2D eigenvalue weighted by molar-refractivity contribution is -0.137. The number of hydrogen-bond acceptors (Lipinski definition) is 5. The number of anilines is 4. The smallest absolute Gasteiger partial charge is 0.339 e.